The van der Waals surface area contributed by atoms with Crippen LogP contribution in [-0.4, -0.2) is 27.2 Å². The number of nitrogens with zero attached hydrogens (tertiary/aromatic N) is 2. The van der Waals surface area contributed by atoms with Crippen molar-refractivity contribution in [3.8, 4) is 11.5 Å². The highest BCUT2D eigenvalue weighted by Gasteiger charge is 2.22. The Labute approximate surface area is 139 Å². The number of hydrogen-bond donors (Lipinski definition) is 3. The second kappa shape index (κ2) is 7.02. The van der Waals surface area contributed by atoms with Gasteiger partial charge in [0.05, 0.1) is 12.3 Å². The van der Waals surface area contributed by atoms with Crippen LogP contribution in [0.25, 0.3) is 0 Å². The Kier molecular flexibility index (Phi) is 4.83. The van der Waals surface area contributed by atoms with Gasteiger partial charge in [-0.2, -0.15) is 4.98 Å². The molecule has 1 aliphatic carbocycles. The fourth-order valence-electron chi connectivity index (χ4n) is 2.68. The number of aliphatic hydroxyl groups is 1. The van der Waals surface area contributed by atoms with Gasteiger partial charge in [-0.05, 0) is 49.9 Å². The monoisotopic (exact) mass is 334 g/mol. The summed E-state index contributed by atoms with van der Waals surface area (Å²) in [4.78, 5) is 8.22. The van der Waals surface area contributed by atoms with Crippen LogP contribution in [-0.2, 0) is 0 Å². The Hall–Kier alpha value is -2.05. The number of nitrogens with one attached hydrogen (secondary N) is 1. The molecule has 0 saturated heterocycles. The van der Waals surface area contributed by atoms with E-state index in [9.17, 15) is 5.11 Å². The van der Waals surface area contributed by atoms with Crippen molar-refractivity contribution in [2.45, 2.75) is 37.8 Å². The Balaban J connectivity index is 1.78. The van der Waals surface area contributed by atoms with E-state index in [1.807, 2.05) is 0 Å². The predicted octanol–water partition coefficient (Wildman–Crippen LogP) is 3.22. The maximum atomic E-state index is 9.80. The highest BCUT2D eigenvalue weighted by atomic mass is 35.5. The molecule has 0 bridgehead atoms. The molecule has 1 aromatic heterocycles. The molecule has 2 aromatic rings. The van der Waals surface area contributed by atoms with Crippen molar-refractivity contribution in [1.82, 2.24) is 9.97 Å². The highest BCUT2D eigenvalue weighted by molar-refractivity contribution is 6.30. The lowest BCUT2D eigenvalue weighted by molar-refractivity contribution is 0.124. The molecule has 1 fully saturated rings. The molecule has 1 saturated carbocycles. The predicted molar refractivity (Wildman–Crippen MR) is 89.9 cm³/mol. The molecule has 0 aliphatic heterocycles. The molecule has 122 valence electrons. The number of nitrogen functional groups attached to an aromatic ring is 1. The number of halogens is 1. The van der Waals surface area contributed by atoms with Gasteiger partial charge in [-0.15, -0.1) is 0 Å². The zero-order chi connectivity index (χ0) is 16.2. The largest absolute Gasteiger partial charge is 0.452 e. The van der Waals surface area contributed by atoms with Crippen molar-refractivity contribution in [3.63, 3.8) is 0 Å². The number of rotatable bonds is 4. The molecule has 6 nitrogen and oxygen atoms in total. The Bertz CT molecular complexity index is 666. The van der Waals surface area contributed by atoms with Crippen LogP contribution in [0, 0.1) is 0 Å². The first-order valence-electron chi connectivity index (χ1n) is 7.60. The van der Waals surface area contributed by atoms with Crippen LogP contribution in [0.2, 0.25) is 5.02 Å². The van der Waals surface area contributed by atoms with E-state index in [-0.39, 0.29) is 18.1 Å². The molecule has 2 unspecified atom stereocenters. The quantitative estimate of drug-likeness (QED) is 0.795. The minimum absolute atomic E-state index is 0.139. The average molecular weight is 335 g/mol. The number of ether oxygens (including phenoxy) is 1. The second-order valence-corrected chi connectivity index (χ2v) is 6.10. The van der Waals surface area contributed by atoms with Crippen LogP contribution in [0.4, 0.5) is 11.8 Å². The standard InChI is InChI=1S/C16H19ClN4O2/c17-10-4-6-13(7-5-10)23-14-9-19-16(18)21-15(14)20-11-2-1-3-12(22)8-11/h4-7,9,11-12,22H,1-3,8H2,(H3,18,19,20,21). The van der Waals surface area contributed by atoms with Gasteiger partial charge in [-0.3, -0.25) is 0 Å². The smallest absolute Gasteiger partial charge is 0.222 e. The SMILES string of the molecule is Nc1ncc(Oc2ccc(Cl)cc2)c(NC2CCCC(O)C2)n1. The van der Waals surface area contributed by atoms with E-state index >= 15 is 0 Å². The van der Waals surface area contributed by atoms with E-state index in [1.54, 1.807) is 30.5 Å². The van der Waals surface area contributed by atoms with E-state index in [2.05, 4.69) is 15.3 Å². The Morgan fingerprint density at radius 1 is 1.26 bits per heavy atom. The maximum absolute atomic E-state index is 9.80. The first-order chi connectivity index (χ1) is 11.1. The molecule has 1 aromatic carbocycles. The summed E-state index contributed by atoms with van der Waals surface area (Å²) in [6.07, 6.45) is 4.75. The van der Waals surface area contributed by atoms with E-state index in [0.29, 0.717) is 28.8 Å². The molecule has 4 N–H and O–H groups in total. The molecule has 0 spiro atoms. The van der Waals surface area contributed by atoms with Crippen LogP contribution in [0.5, 0.6) is 11.5 Å². The summed E-state index contributed by atoms with van der Waals surface area (Å²) in [6.45, 7) is 0. The number of aliphatic hydroxyl groups excluding tert-OH is 1. The van der Waals surface area contributed by atoms with Gasteiger partial charge in [0.25, 0.3) is 0 Å². The van der Waals surface area contributed by atoms with Crippen LogP contribution in [0.1, 0.15) is 25.7 Å². The second-order valence-electron chi connectivity index (χ2n) is 5.66. The zero-order valence-electron chi connectivity index (χ0n) is 12.6. The number of anilines is 2. The van der Waals surface area contributed by atoms with Gasteiger partial charge in [-0.1, -0.05) is 11.6 Å². The normalized spacial score (nSPS) is 21.0. The van der Waals surface area contributed by atoms with Gasteiger partial charge in [-0.25, -0.2) is 4.98 Å². The van der Waals surface area contributed by atoms with Crippen molar-refractivity contribution in [3.05, 3.63) is 35.5 Å². The van der Waals surface area contributed by atoms with Gasteiger partial charge in [0.1, 0.15) is 5.75 Å². The van der Waals surface area contributed by atoms with Crippen LogP contribution < -0.4 is 15.8 Å². The van der Waals surface area contributed by atoms with Gasteiger partial charge >= 0.3 is 0 Å². The van der Waals surface area contributed by atoms with Crippen LogP contribution in [0.3, 0.4) is 0 Å². The third-order valence-electron chi connectivity index (χ3n) is 3.80. The molecule has 23 heavy (non-hydrogen) atoms. The Morgan fingerprint density at radius 3 is 2.78 bits per heavy atom. The summed E-state index contributed by atoms with van der Waals surface area (Å²) >= 11 is 5.88. The minimum atomic E-state index is -0.277. The van der Waals surface area contributed by atoms with Crippen molar-refractivity contribution in [1.29, 1.82) is 0 Å². The number of aromatic nitrogens is 2. The van der Waals surface area contributed by atoms with Crippen molar-refractivity contribution >= 4 is 23.4 Å². The lowest BCUT2D eigenvalue weighted by atomic mass is 9.93. The van der Waals surface area contributed by atoms with Gasteiger partial charge in [0, 0.05) is 11.1 Å². The van der Waals surface area contributed by atoms with Crippen molar-refractivity contribution < 1.29 is 9.84 Å². The number of hydrogen-bond acceptors (Lipinski definition) is 6. The fraction of sp³-hybridized carbons (Fsp3) is 0.375. The number of benzene rings is 1. The molecule has 0 amide bonds. The molecular weight excluding hydrogens is 316 g/mol. The van der Waals surface area contributed by atoms with Crippen molar-refractivity contribution in [2.24, 2.45) is 0 Å². The molecule has 2 atom stereocenters. The zero-order valence-corrected chi connectivity index (χ0v) is 13.3. The minimum Gasteiger partial charge on any atom is -0.452 e. The lowest BCUT2D eigenvalue weighted by Gasteiger charge is -2.27. The maximum Gasteiger partial charge on any atom is 0.222 e. The molecule has 3 rings (SSSR count). The summed E-state index contributed by atoms with van der Waals surface area (Å²) in [5.41, 5.74) is 5.69. The van der Waals surface area contributed by atoms with E-state index in [4.69, 9.17) is 22.1 Å². The topological polar surface area (TPSA) is 93.3 Å². The third-order valence-corrected chi connectivity index (χ3v) is 4.05. The number of nitrogens with two attached hydrogens (primary N) is 1. The lowest BCUT2D eigenvalue weighted by Crippen LogP contribution is -2.30. The Morgan fingerprint density at radius 2 is 2.04 bits per heavy atom. The first-order valence-corrected chi connectivity index (χ1v) is 7.98. The summed E-state index contributed by atoms with van der Waals surface area (Å²) in [5.74, 6) is 1.83. The van der Waals surface area contributed by atoms with Crippen LogP contribution >= 0.6 is 11.6 Å². The van der Waals surface area contributed by atoms with Crippen LogP contribution in [0.15, 0.2) is 30.5 Å². The summed E-state index contributed by atoms with van der Waals surface area (Å²) in [6, 6.07) is 7.18. The van der Waals surface area contributed by atoms with Gasteiger partial charge in [0.2, 0.25) is 5.95 Å². The molecule has 0 radical (unpaired) electrons. The third kappa shape index (κ3) is 4.24. The summed E-state index contributed by atoms with van der Waals surface area (Å²) < 4.78 is 5.82. The van der Waals surface area contributed by atoms with E-state index < -0.39 is 0 Å². The molecule has 1 aliphatic rings. The molecule has 7 heteroatoms. The van der Waals surface area contributed by atoms with Gasteiger partial charge in [0.15, 0.2) is 11.6 Å². The molecule has 1 heterocycles. The van der Waals surface area contributed by atoms with E-state index in [1.165, 1.54) is 0 Å². The van der Waals surface area contributed by atoms with Gasteiger partial charge < -0.3 is 20.9 Å². The fourth-order valence-corrected chi connectivity index (χ4v) is 2.81. The average Bonchev–Trinajstić information content (AvgIpc) is 2.52. The summed E-state index contributed by atoms with van der Waals surface area (Å²) in [7, 11) is 0. The van der Waals surface area contributed by atoms with E-state index in [0.717, 1.165) is 19.3 Å². The molecular formula is C16H19ClN4O2. The highest BCUT2D eigenvalue weighted by Crippen LogP contribution is 2.31. The van der Waals surface area contributed by atoms with Crippen molar-refractivity contribution in [2.75, 3.05) is 11.1 Å². The first kappa shape index (κ1) is 15.8. The summed E-state index contributed by atoms with van der Waals surface area (Å²) in [5, 5.41) is 13.8.